The lowest BCUT2D eigenvalue weighted by atomic mass is 10.1. The molecule has 114 valence electrons. The number of amides is 2. The summed E-state index contributed by atoms with van der Waals surface area (Å²) in [4.78, 5) is 26.4. The Labute approximate surface area is 125 Å². The van der Waals surface area contributed by atoms with Gasteiger partial charge in [-0.05, 0) is 19.4 Å². The Balaban J connectivity index is 1.83. The Hall–Kier alpha value is -0.750. The Morgan fingerprint density at radius 3 is 2.70 bits per heavy atom. The summed E-state index contributed by atoms with van der Waals surface area (Å²) >= 11 is 1.68. The number of nitrogens with zero attached hydrogens (tertiary/aromatic N) is 1. The van der Waals surface area contributed by atoms with Crippen molar-refractivity contribution < 1.29 is 9.59 Å². The van der Waals surface area contributed by atoms with Crippen LogP contribution in [-0.4, -0.2) is 54.0 Å². The van der Waals surface area contributed by atoms with Crippen molar-refractivity contribution in [3.8, 4) is 0 Å². The predicted molar refractivity (Wildman–Crippen MR) is 81.5 cm³/mol. The van der Waals surface area contributed by atoms with E-state index in [0.717, 1.165) is 44.5 Å². The van der Waals surface area contributed by atoms with Gasteiger partial charge in [-0.1, -0.05) is 19.8 Å². The molecule has 0 aromatic rings. The molecule has 2 N–H and O–H groups in total. The molecule has 20 heavy (non-hydrogen) atoms. The van der Waals surface area contributed by atoms with Gasteiger partial charge >= 0.3 is 0 Å². The van der Waals surface area contributed by atoms with Crippen molar-refractivity contribution in [2.75, 3.05) is 31.3 Å². The number of carbonyl (C=O) groups excluding carboxylic acids is 2. The lowest BCUT2D eigenvalue weighted by Gasteiger charge is -2.25. The second-order valence-electron chi connectivity index (χ2n) is 5.45. The number of hydrogen-bond acceptors (Lipinski definition) is 4. The number of nitrogens with one attached hydrogen (secondary N) is 2. The van der Waals surface area contributed by atoms with Gasteiger partial charge in [0, 0.05) is 24.8 Å². The van der Waals surface area contributed by atoms with Gasteiger partial charge in [0.15, 0.2) is 0 Å². The number of rotatable bonds is 6. The van der Waals surface area contributed by atoms with E-state index >= 15 is 0 Å². The van der Waals surface area contributed by atoms with E-state index in [1.165, 1.54) is 0 Å². The van der Waals surface area contributed by atoms with Gasteiger partial charge in [0.2, 0.25) is 11.8 Å². The minimum Gasteiger partial charge on any atom is -0.353 e. The lowest BCUT2D eigenvalue weighted by Crippen LogP contribution is -2.49. The Morgan fingerprint density at radius 1 is 1.25 bits per heavy atom. The van der Waals surface area contributed by atoms with Gasteiger partial charge in [-0.3, -0.25) is 9.59 Å². The fraction of sp³-hybridized carbons (Fsp3) is 0.857. The molecular formula is C14H25N3O2S. The maximum absolute atomic E-state index is 12.5. The standard InChI is InChI=1S/C14H25N3O2S/c1-2-15-7-8-16-13(18)12-9-20-10-17(12)14(19)11-5-3-4-6-11/h11-12,15H,2-10H2,1H3,(H,16,18). The van der Waals surface area contributed by atoms with E-state index in [1.54, 1.807) is 16.7 Å². The van der Waals surface area contributed by atoms with Crippen LogP contribution in [0.1, 0.15) is 32.6 Å². The van der Waals surface area contributed by atoms with Crippen molar-refractivity contribution >= 4 is 23.6 Å². The van der Waals surface area contributed by atoms with E-state index in [2.05, 4.69) is 10.6 Å². The third kappa shape index (κ3) is 3.88. The molecule has 2 rings (SSSR count). The second kappa shape index (κ2) is 7.88. The number of thioether (sulfide) groups is 1. The highest BCUT2D eigenvalue weighted by Crippen LogP contribution is 2.30. The van der Waals surface area contributed by atoms with Crippen LogP contribution in [0.25, 0.3) is 0 Å². The van der Waals surface area contributed by atoms with Gasteiger partial charge in [-0.2, -0.15) is 0 Å². The highest BCUT2D eigenvalue weighted by atomic mass is 32.2. The quantitative estimate of drug-likeness (QED) is 0.712. The van der Waals surface area contributed by atoms with E-state index in [0.29, 0.717) is 12.4 Å². The fourth-order valence-corrected chi connectivity index (χ4v) is 4.02. The molecule has 0 aromatic heterocycles. The van der Waals surface area contributed by atoms with Gasteiger partial charge < -0.3 is 15.5 Å². The van der Waals surface area contributed by atoms with Gasteiger partial charge in [-0.25, -0.2) is 0 Å². The average Bonchev–Trinajstić information content (AvgIpc) is 3.12. The van der Waals surface area contributed by atoms with E-state index in [9.17, 15) is 9.59 Å². The van der Waals surface area contributed by atoms with E-state index in [4.69, 9.17) is 0 Å². The molecular weight excluding hydrogens is 274 g/mol. The highest BCUT2D eigenvalue weighted by Gasteiger charge is 2.38. The minimum absolute atomic E-state index is 0.000694. The molecule has 1 heterocycles. The highest BCUT2D eigenvalue weighted by molar-refractivity contribution is 7.99. The molecule has 2 aliphatic rings. The lowest BCUT2D eigenvalue weighted by molar-refractivity contribution is -0.141. The fourth-order valence-electron chi connectivity index (χ4n) is 2.85. The largest absolute Gasteiger partial charge is 0.353 e. The summed E-state index contributed by atoms with van der Waals surface area (Å²) in [6.45, 7) is 4.34. The van der Waals surface area contributed by atoms with Crippen LogP contribution in [0.15, 0.2) is 0 Å². The molecule has 5 nitrogen and oxygen atoms in total. The van der Waals surface area contributed by atoms with Crippen LogP contribution in [0.2, 0.25) is 0 Å². The topological polar surface area (TPSA) is 61.4 Å². The van der Waals surface area contributed by atoms with Crippen molar-refractivity contribution in [1.29, 1.82) is 0 Å². The molecule has 2 fully saturated rings. The first-order chi connectivity index (χ1) is 9.74. The molecule has 6 heteroatoms. The monoisotopic (exact) mass is 299 g/mol. The van der Waals surface area contributed by atoms with Gasteiger partial charge in [0.1, 0.15) is 6.04 Å². The maximum atomic E-state index is 12.5. The summed E-state index contributed by atoms with van der Waals surface area (Å²) in [5.41, 5.74) is 0. The summed E-state index contributed by atoms with van der Waals surface area (Å²) in [6.07, 6.45) is 4.29. The Kier molecular flexibility index (Phi) is 6.16. The van der Waals surface area contributed by atoms with Crippen LogP contribution < -0.4 is 10.6 Å². The second-order valence-corrected chi connectivity index (χ2v) is 6.45. The zero-order valence-electron chi connectivity index (χ0n) is 12.2. The van der Waals surface area contributed by atoms with Crippen LogP contribution >= 0.6 is 11.8 Å². The van der Waals surface area contributed by atoms with Crippen molar-refractivity contribution in [3.05, 3.63) is 0 Å². The summed E-state index contributed by atoms with van der Waals surface area (Å²) < 4.78 is 0. The zero-order chi connectivity index (χ0) is 14.4. The zero-order valence-corrected chi connectivity index (χ0v) is 13.0. The molecule has 2 amide bonds. The summed E-state index contributed by atoms with van der Waals surface area (Å²) in [5, 5.41) is 6.10. The molecule has 1 saturated heterocycles. The molecule has 0 aromatic carbocycles. The average molecular weight is 299 g/mol. The van der Waals surface area contributed by atoms with Crippen molar-refractivity contribution in [1.82, 2.24) is 15.5 Å². The molecule has 1 saturated carbocycles. The summed E-state index contributed by atoms with van der Waals surface area (Å²) in [5.74, 6) is 1.75. The summed E-state index contributed by atoms with van der Waals surface area (Å²) in [6, 6.07) is -0.269. The van der Waals surface area contributed by atoms with Crippen molar-refractivity contribution in [3.63, 3.8) is 0 Å². The first kappa shape index (κ1) is 15.6. The molecule has 1 atom stereocenters. The van der Waals surface area contributed by atoms with E-state index < -0.39 is 0 Å². The predicted octanol–water partition coefficient (Wildman–Crippen LogP) is 0.804. The molecule has 1 aliphatic carbocycles. The van der Waals surface area contributed by atoms with E-state index in [1.807, 2.05) is 6.92 Å². The first-order valence-corrected chi connectivity index (χ1v) is 8.76. The van der Waals surface area contributed by atoms with Gasteiger partial charge in [0.25, 0.3) is 0 Å². The van der Waals surface area contributed by atoms with Crippen LogP contribution in [0.3, 0.4) is 0 Å². The smallest absolute Gasteiger partial charge is 0.243 e. The molecule has 1 aliphatic heterocycles. The minimum atomic E-state index is -0.269. The summed E-state index contributed by atoms with van der Waals surface area (Å²) in [7, 11) is 0. The van der Waals surface area contributed by atoms with Gasteiger partial charge in [-0.15, -0.1) is 11.8 Å². The molecule has 1 unspecified atom stereocenters. The van der Waals surface area contributed by atoms with E-state index in [-0.39, 0.29) is 23.8 Å². The third-order valence-electron chi connectivity index (χ3n) is 4.02. The van der Waals surface area contributed by atoms with Crippen molar-refractivity contribution in [2.45, 2.75) is 38.6 Å². The first-order valence-electron chi connectivity index (χ1n) is 7.60. The normalized spacial score (nSPS) is 23.2. The Bertz CT molecular complexity index is 345. The molecule has 0 bridgehead atoms. The molecule has 0 radical (unpaired) electrons. The van der Waals surface area contributed by atoms with Crippen LogP contribution in [-0.2, 0) is 9.59 Å². The Morgan fingerprint density at radius 2 is 2.00 bits per heavy atom. The number of carbonyl (C=O) groups is 2. The van der Waals surface area contributed by atoms with Crippen LogP contribution in [0.5, 0.6) is 0 Å². The molecule has 0 spiro atoms. The SMILES string of the molecule is CCNCCNC(=O)C1CSCN1C(=O)C1CCCC1. The number of likely N-dealkylation sites (N-methyl/N-ethyl adjacent to an activating group) is 1. The van der Waals surface area contributed by atoms with Crippen LogP contribution in [0.4, 0.5) is 0 Å². The maximum Gasteiger partial charge on any atom is 0.243 e. The van der Waals surface area contributed by atoms with Gasteiger partial charge in [0.05, 0.1) is 5.88 Å². The third-order valence-corrected chi connectivity index (χ3v) is 5.04. The number of hydrogen-bond donors (Lipinski definition) is 2. The van der Waals surface area contributed by atoms with Crippen molar-refractivity contribution in [2.24, 2.45) is 5.92 Å². The van der Waals surface area contributed by atoms with Crippen LogP contribution in [0, 0.1) is 5.92 Å².